The molecule has 0 unspecified atom stereocenters. The first-order valence-corrected chi connectivity index (χ1v) is 6.57. The number of carbonyl (C=O) groups excluding carboxylic acids is 2. The molecule has 0 amide bonds. The molecule has 1 aromatic carbocycles. The van der Waals surface area contributed by atoms with Crippen LogP contribution in [0.1, 0.15) is 20.8 Å². The van der Waals surface area contributed by atoms with Gasteiger partial charge in [0.2, 0.25) is 0 Å². The van der Waals surface area contributed by atoms with Crippen LogP contribution < -0.4 is 0 Å². The summed E-state index contributed by atoms with van der Waals surface area (Å²) in [6.07, 6.45) is -5.03. The Morgan fingerprint density at radius 3 is 2.39 bits per heavy atom. The Labute approximate surface area is 128 Å². The van der Waals surface area contributed by atoms with Crippen molar-refractivity contribution in [1.29, 1.82) is 0 Å². The lowest BCUT2D eigenvalue weighted by Crippen LogP contribution is -2.22. The highest BCUT2D eigenvalue weighted by Crippen LogP contribution is 2.29. The summed E-state index contributed by atoms with van der Waals surface area (Å²) in [5.74, 6) is -2.82. The molecule has 4 nitrogen and oxygen atoms in total. The number of esters is 1. The third kappa shape index (κ3) is 2.34. The molecule has 0 fully saturated rings. The number of ether oxygens (including phenoxy) is 1. The summed E-state index contributed by atoms with van der Waals surface area (Å²) in [6, 6.07) is 10.7. The number of fused-ring (bicyclic) bond motifs is 3. The highest BCUT2D eigenvalue weighted by molar-refractivity contribution is 6.09. The number of alkyl halides is 3. The fourth-order valence-electron chi connectivity index (χ4n) is 2.54. The number of hydrogen-bond acceptors (Lipinski definition) is 3. The standard InChI is InChI=1S/C16H10F3NO3/c1-23-15(22)13-8-10(14(21)16(17,18)19)12-7-6-9-4-2-3-5-11(9)20(12)13/h2-8H,1H3. The molecule has 0 radical (unpaired) electrons. The summed E-state index contributed by atoms with van der Waals surface area (Å²) in [5, 5.41) is 0.715. The smallest absolute Gasteiger partial charge is 0.454 e. The zero-order valence-corrected chi connectivity index (χ0v) is 11.8. The molecule has 3 aromatic rings. The van der Waals surface area contributed by atoms with E-state index in [1.54, 1.807) is 30.3 Å². The number of methoxy groups -OCH3 is 1. The number of ketones is 1. The van der Waals surface area contributed by atoms with Crippen molar-refractivity contribution in [3.63, 3.8) is 0 Å². The van der Waals surface area contributed by atoms with Crippen molar-refractivity contribution >= 4 is 28.2 Å². The number of halogens is 3. The van der Waals surface area contributed by atoms with Gasteiger partial charge in [0.25, 0.3) is 5.78 Å². The lowest BCUT2D eigenvalue weighted by atomic mass is 10.1. The molecule has 0 N–H and O–H groups in total. The Hall–Kier alpha value is -2.83. The van der Waals surface area contributed by atoms with Gasteiger partial charge in [-0.15, -0.1) is 0 Å². The molecule has 118 valence electrons. The second-order valence-corrected chi connectivity index (χ2v) is 4.87. The van der Waals surface area contributed by atoms with Gasteiger partial charge < -0.3 is 9.14 Å². The maximum Gasteiger partial charge on any atom is 0.454 e. The Morgan fingerprint density at radius 2 is 1.74 bits per heavy atom. The van der Waals surface area contributed by atoms with Crippen LogP contribution >= 0.6 is 0 Å². The molecule has 3 rings (SSSR count). The molecule has 0 aliphatic rings. The van der Waals surface area contributed by atoms with E-state index in [0.717, 1.165) is 13.2 Å². The van der Waals surface area contributed by atoms with Gasteiger partial charge in [0.1, 0.15) is 5.69 Å². The minimum absolute atomic E-state index is 0.00595. The lowest BCUT2D eigenvalue weighted by molar-refractivity contribution is -0.0884. The average molecular weight is 321 g/mol. The number of hydrogen-bond donors (Lipinski definition) is 0. The SMILES string of the molecule is COC(=O)c1cc(C(=O)C(F)(F)F)c2ccc3ccccc3n12. The number of para-hydroxylation sites is 1. The molecule has 2 aromatic heterocycles. The number of rotatable bonds is 2. The summed E-state index contributed by atoms with van der Waals surface area (Å²) in [7, 11) is 1.12. The Morgan fingerprint density at radius 1 is 1.04 bits per heavy atom. The van der Waals surface area contributed by atoms with E-state index in [1.165, 1.54) is 10.5 Å². The first kappa shape index (κ1) is 15.1. The van der Waals surface area contributed by atoms with Gasteiger partial charge in [-0.25, -0.2) is 4.79 Å². The average Bonchev–Trinajstić information content (AvgIpc) is 2.92. The Balaban J connectivity index is 2.43. The zero-order chi connectivity index (χ0) is 16.8. The minimum Gasteiger partial charge on any atom is -0.464 e. The number of carbonyl (C=O) groups is 2. The van der Waals surface area contributed by atoms with Gasteiger partial charge in [0.15, 0.2) is 0 Å². The van der Waals surface area contributed by atoms with Gasteiger partial charge in [0.05, 0.1) is 23.7 Å². The van der Waals surface area contributed by atoms with Gasteiger partial charge in [0, 0.05) is 0 Å². The summed E-state index contributed by atoms with van der Waals surface area (Å²) >= 11 is 0. The van der Waals surface area contributed by atoms with E-state index >= 15 is 0 Å². The van der Waals surface area contributed by atoms with Gasteiger partial charge in [-0.3, -0.25) is 4.79 Å². The van der Waals surface area contributed by atoms with Crippen LogP contribution in [0, 0.1) is 0 Å². The van der Waals surface area contributed by atoms with E-state index in [2.05, 4.69) is 4.74 Å². The highest BCUT2D eigenvalue weighted by Gasteiger charge is 2.41. The quantitative estimate of drug-likeness (QED) is 0.535. The third-order valence-electron chi connectivity index (χ3n) is 3.53. The van der Waals surface area contributed by atoms with Crippen molar-refractivity contribution in [3.05, 3.63) is 53.7 Å². The lowest BCUT2D eigenvalue weighted by Gasteiger charge is -2.07. The number of aromatic nitrogens is 1. The summed E-state index contributed by atoms with van der Waals surface area (Å²) in [5.41, 5.74) is -0.200. The first-order chi connectivity index (χ1) is 10.8. The molecule has 0 bridgehead atoms. The number of nitrogens with zero attached hydrogens (tertiary/aromatic N) is 1. The fraction of sp³-hybridized carbons (Fsp3) is 0.125. The number of Topliss-reactive ketones (excluding diaryl/α,β-unsaturated/α-hetero) is 1. The van der Waals surface area contributed by atoms with Crippen molar-refractivity contribution in [3.8, 4) is 0 Å². The van der Waals surface area contributed by atoms with E-state index < -0.39 is 23.5 Å². The van der Waals surface area contributed by atoms with E-state index in [1.807, 2.05) is 0 Å². The molecule has 0 spiro atoms. The second-order valence-electron chi connectivity index (χ2n) is 4.87. The molecular formula is C16H10F3NO3. The predicted molar refractivity (Wildman–Crippen MR) is 76.6 cm³/mol. The molecule has 0 aliphatic carbocycles. The minimum atomic E-state index is -5.03. The molecule has 2 heterocycles. The van der Waals surface area contributed by atoms with E-state index in [-0.39, 0.29) is 11.2 Å². The maximum atomic E-state index is 12.8. The summed E-state index contributed by atoms with van der Waals surface area (Å²) < 4.78 is 44.3. The van der Waals surface area contributed by atoms with Crippen molar-refractivity contribution in [1.82, 2.24) is 4.40 Å². The van der Waals surface area contributed by atoms with Crippen LogP contribution in [0.2, 0.25) is 0 Å². The second kappa shape index (κ2) is 5.12. The summed E-state index contributed by atoms with van der Waals surface area (Å²) in [4.78, 5) is 23.6. The predicted octanol–water partition coefficient (Wildman–Crippen LogP) is 3.62. The summed E-state index contributed by atoms with van der Waals surface area (Å²) in [6.45, 7) is 0. The molecular weight excluding hydrogens is 311 g/mol. The van der Waals surface area contributed by atoms with Gasteiger partial charge in [-0.1, -0.05) is 24.3 Å². The van der Waals surface area contributed by atoms with Crippen LogP contribution in [0.25, 0.3) is 16.4 Å². The van der Waals surface area contributed by atoms with Gasteiger partial charge >= 0.3 is 12.1 Å². The van der Waals surface area contributed by atoms with Crippen LogP contribution in [0.3, 0.4) is 0 Å². The Kier molecular flexibility index (Phi) is 3.35. The topological polar surface area (TPSA) is 47.8 Å². The molecule has 23 heavy (non-hydrogen) atoms. The van der Waals surface area contributed by atoms with Crippen LogP contribution in [-0.2, 0) is 4.74 Å². The van der Waals surface area contributed by atoms with Gasteiger partial charge in [-0.05, 0) is 23.6 Å². The maximum absolute atomic E-state index is 12.8. The first-order valence-electron chi connectivity index (χ1n) is 6.57. The molecule has 0 atom stereocenters. The number of benzene rings is 1. The zero-order valence-electron chi connectivity index (χ0n) is 11.8. The third-order valence-corrected chi connectivity index (χ3v) is 3.53. The van der Waals surface area contributed by atoms with Gasteiger partial charge in [-0.2, -0.15) is 13.2 Å². The van der Waals surface area contributed by atoms with Crippen molar-refractivity contribution in [2.45, 2.75) is 6.18 Å². The van der Waals surface area contributed by atoms with Crippen molar-refractivity contribution in [2.75, 3.05) is 7.11 Å². The van der Waals surface area contributed by atoms with Crippen LogP contribution in [-0.4, -0.2) is 29.4 Å². The van der Waals surface area contributed by atoms with Crippen LogP contribution in [0.15, 0.2) is 42.5 Å². The monoisotopic (exact) mass is 321 g/mol. The molecule has 0 saturated carbocycles. The van der Waals surface area contributed by atoms with E-state index in [0.29, 0.717) is 10.9 Å². The largest absolute Gasteiger partial charge is 0.464 e. The number of pyridine rings is 1. The Bertz CT molecular complexity index is 941. The fourth-order valence-corrected chi connectivity index (χ4v) is 2.54. The molecule has 7 heteroatoms. The molecule has 0 aliphatic heterocycles. The van der Waals surface area contributed by atoms with Crippen LogP contribution in [0.4, 0.5) is 13.2 Å². The highest BCUT2D eigenvalue weighted by atomic mass is 19.4. The normalized spacial score (nSPS) is 11.8. The van der Waals surface area contributed by atoms with E-state index in [4.69, 9.17) is 0 Å². The van der Waals surface area contributed by atoms with Crippen LogP contribution in [0.5, 0.6) is 0 Å². The molecule has 0 saturated heterocycles. The van der Waals surface area contributed by atoms with Crippen molar-refractivity contribution in [2.24, 2.45) is 0 Å². The van der Waals surface area contributed by atoms with Crippen molar-refractivity contribution < 1.29 is 27.5 Å². The van der Waals surface area contributed by atoms with E-state index in [9.17, 15) is 22.8 Å².